The molecule has 1 atom stereocenters. The SMILES string of the molecule is C[C@@H](CN(C)OCC(=O)N1CCN(c2ncc(C(F)(F)F)cn2)CC1)Nc1cnn(COCC[Si](C)(C)C)c(=O)c1C(F)(F)F. The second kappa shape index (κ2) is 14.9. The summed E-state index contributed by atoms with van der Waals surface area (Å²) < 4.78 is 85.9. The van der Waals surface area contributed by atoms with Crippen LogP contribution in [0.25, 0.3) is 0 Å². The molecule has 0 bridgehead atoms. The van der Waals surface area contributed by atoms with E-state index in [1.54, 1.807) is 11.8 Å². The minimum absolute atomic E-state index is 0.0481. The van der Waals surface area contributed by atoms with Crippen LogP contribution in [0.3, 0.4) is 0 Å². The van der Waals surface area contributed by atoms with Gasteiger partial charge in [-0.05, 0) is 13.0 Å². The lowest BCUT2D eigenvalue weighted by atomic mass is 10.2. The molecule has 0 spiro atoms. The number of anilines is 2. The van der Waals surface area contributed by atoms with Gasteiger partial charge >= 0.3 is 12.4 Å². The van der Waals surface area contributed by atoms with Gasteiger partial charge in [0.05, 0.1) is 17.4 Å². The minimum atomic E-state index is -4.94. The maximum absolute atomic E-state index is 13.9. The molecule has 0 saturated carbocycles. The number of carbonyl (C=O) groups is 1. The van der Waals surface area contributed by atoms with Crippen LogP contribution in [-0.4, -0.2) is 103 Å². The van der Waals surface area contributed by atoms with E-state index in [0.717, 1.165) is 12.2 Å². The normalized spacial score (nSPS) is 15.5. The van der Waals surface area contributed by atoms with Crippen LogP contribution >= 0.6 is 0 Å². The van der Waals surface area contributed by atoms with E-state index in [4.69, 9.17) is 9.57 Å². The zero-order valence-electron chi connectivity index (χ0n) is 25.7. The first-order valence-electron chi connectivity index (χ1n) is 14.1. The zero-order chi connectivity index (χ0) is 33.6. The zero-order valence-corrected chi connectivity index (χ0v) is 26.7. The Kier molecular flexibility index (Phi) is 12.0. The number of halogens is 6. The number of ether oxygens (including phenoxy) is 1. The molecule has 2 aromatic rings. The largest absolute Gasteiger partial charge is 0.423 e. The van der Waals surface area contributed by atoms with Crippen molar-refractivity contribution in [3.05, 3.63) is 40.1 Å². The van der Waals surface area contributed by atoms with E-state index in [0.29, 0.717) is 36.8 Å². The topological polar surface area (TPSA) is 118 Å². The summed E-state index contributed by atoms with van der Waals surface area (Å²) in [5, 5.41) is 7.79. The summed E-state index contributed by atoms with van der Waals surface area (Å²) in [6.45, 7) is 8.69. The quantitative estimate of drug-likeness (QED) is 0.147. The van der Waals surface area contributed by atoms with Gasteiger partial charge in [-0.15, -0.1) is 0 Å². The molecule has 0 unspecified atom stereocenters. The van der Waals surface area contributed by atoms with E-state index in [2.05, 4.69) is 40.0 Å². The number of alkyl halides is 6. The predicted octanol–water partition coefficient (Wildman–Crippen LogP) is 3.40. The highest BCUT2D eigenvalue weighted by atomic mass is 28.3. The van der Waals surface area contributed by atoms with Crippen LogP contribution in [-0.2, 0) is 33.5 Å². The molecule has 252 valence electrons. The molecule has 1 N–H and O–H groups in total. The molecule has 1 aliphatic rings. The maximum Gasteiger partial charge on any atom is 0.423 e. The number of carbonyl (C=O) groups excluding carboxylic acids is 1. The third-order valence-corrected chi connectivity index (χ3v) is 8.46. The molecule has 1 amide bonds. The minimum Gasteiger partial charge on any atom is -0.379 e. The number of likely N-dealkylation sites (N-methyl/N-ethyl adjacent to an activating group) is 1. The van der Waals surface area contributed by atoms with Crippen molar-refractivity contribution in [3.63, 3.8) is 0 Å². The summed E-state index contributed by atoms with van der Waals surface area (Å²) in [6.07, 6.45) is -7.14. The molecule has 12 nitrogen and oxygen atoms in total. The second-order valence-corrected chi connectivity index (χ2v) is 17.5. The third-order valence-electron chi connectivity index (χ3n) is 6.76. The number of hydrogen-bond acceptors (Lipinski definition) is 10. The predicted molar refractivity (Wildman–Crippen MR) is 155 cm³/mol. The van der Waals surface area contributed by atoms with Crippen molar-refractivity contribution in [2.45, 2.75) is 57.7 Å². The van der Waals surface area contributed by atoms with Crippen LogP contribution in [0.15, 0.2) is 23.4 Å². The molecule has 1 saturated heterocycles. The van der Waals surface area contributed by atoms with Crippen molar-refractivity contribution < 1.29 is 40.7 Å². The number of aromatic nitrogens is 4. The van der Waals surface area contributed by atoms with Crippen LogP contribution in [0, 0.1) is 0 Å². The van der Waals surface area contributed by atoms with E-state index in [-0.39, 0.29) is 38.1 Å². The van der Waals surface area contributed by atoms with Crippen LogP contribution in [0.4, 0.5) is 38.0 Å². The number of hydroxylamine groups is 2. The number of nitrogens with zero attached hydrogens (tertiary/aromatic N) is 7. The maximum atomic E-state index is 13.9. The fourth-order valence-electron chi connectivity index (χ4n) is 4.29. The molecule has 3 heterocycles. The van der Waals surface area contributed by atoms with Crippen molar-refractivity contribution in [2.75, 3.05) is 63.2 Å². The van der Waals surface area contributed by atoms with Crippen molar-refractivity contribution >= 4 is 25.6 Å². The summed E-state index contributed by atoms with van der Waals surface area (Å²) >= 11 is 0. The van der Waals surface area contributed by atoms with Gasteiger partial charge < -0.3 is 19.9 Å². The lowest BCUT2D eigenvalue weighted by molar-refractivity contribution is -0.167. The molecular weight excluding hydrogens is 630 g/mol. The van der Waals surface area contributed by atoms with Crippen molar-refractivity contribution in [1.82, 2.24) is 29.7 Å². The Hall–Kier alpha value is -3.29. The number of nitrogens with one attached hydrogen (secondary N) is 1. The van der Waals surface area contributed by atoms with Crippen molar-refractivity contribution in [3.8, 4) is 0 Å². The van der Waals surface area contributed by atoms with Gasteiger partial charge in [0.2, 0.25) is 5.95 Å². The fraction of sp³-hybridized carbons (Fsp3) is 0.654. The van der Waals surface area contributed by atoms with Gasteiger partial charge in [0.15, 0.2) is 0 Å². The highest BCUT2D eigenvalue weighted by molar-refractivity contribution is 6.76. The summed E-state index contributed by atoms with van der Waals surface area (Å²) in [5.74, 6) is -0.228. The Morgan fingerprint density at radius 1 is 1.04 bits per heavy atom. The van der Waals surface area contributed by atoms with Gasteiger partial charge in [-0.25, -0.2) is 14.6 Å². The van der Waals surface area contributed by atoms with Crippen molar-refractivity contribution in [2.24, 2.45) is 0 Å². The van der Waals surface area contributed by atoms with E-state index in [9.17, 15) is 35.9 Å². The number of amides is 1. The number of rotatable bonds is 13. The summed E-state index contributed by atoms with van der Waals surface area (Å²) in [5.41, 5.74) is -4.16. The van der Waals surface area contributed by atoms with Crippen molar-refractivity contribution in [1.29, 1.82) is 0 Å². The Balaban J connectivity index is 1.48. The van der Waals surface area contributed by atoms with Gasteiger partial charge in [0.1, 0.15) is 18.9 Å². The molecule has 1 aliphatic heterocycles. The highest BCUT2D eigenvalue weighted by Crippen LogP contribution is 2.32. The first-order valence-corrected chi connectivity index (χ1v) is 17.8. The van der Waals surface area contributed by atoms with Gasteiger partial charge in [0, 0.05) is 72.9 Å². The van der Waals surface area contributed by atoms with Crippen LogP contribution in [0.2, 0.25) is 25.7 Å². The van der Waals surface area contributed by atoms with Gasteiger partial charge in [0.25, 0.3) is 11.5 Å². The summed E-state index contributed by atoms with van der Waals surface area (Å²) in [4.78, 5) is 41.5. The van der Waals surface area contributed by atoms with Gasteiger partial charge in [-0.3, -0.25) is 14.4 Å². The average molecular weight is 669 g/mol. The molecule has 45 heavy (non-hydrogen) atoms. The standard InChI is InChI=1S/C26H38F6N8O4Si/c1-18(36-20-14-35-40(17-43-10-11-45(3,4)5)23(42)22(20)26(30,31)32)15-37(2)44-16-21(41)38-6-8-39(9-7-38)24-33-12-19(13-34-24)25(27,28)29/h12-14,18,36H,6-11,15-17H2,1-5H3/t18-/m0/s1. The molecule has 3 rings (SSSR count). The second-order valence-electron chi connectivity index (χ2n) is 11.9. The Morgan fingerprint density at radius 3 is 2.22 bits per heavy atom. The Labute approximate surface area is 257 Å². The molecule has 1 fully saturated rings. The summed E-state index contributed by atoms with van der Waals surface area (Å²) in [7, 11) is 0.0807. The fourth-order valence-corrected chi connectivity index (χ4v) is 5.04. The van der Waals surface area contributed by atoms with E-state index < -0.39 is 55.6 Å². The lowest BCUT2D eigenvalue weighted by Crippen LogP contribution is -2.50. The molecule has 0 aliphatic carbocycles. The molecule has 0 radical (unpaired) electrons. The first kappa shape index (κ1) is 36.2. The monoisotopic (exact) mass is 668 g/mol. The third kappa shape index (κ3) is 10.9. The Morgan fingerprint density at radius 2 is 1.67 bits per heavy atom. The molecular formula is C26H38F6N8O4Si. The van der Waals surface area contributed by atoms with E-state index in [1.165, 1.54) is 17.0 Å². The first-order chi connectivity index (χ1) is 20.8. The molecule has 2 aromatic heterocycles. The molecule has 0 aromatic carbocycles. The highest BCUT2D eigenvalue weighted by Gasteiger charge is 2.38. The average Bonchev–Trinajstić information content (AvgIpc) is 2.93. The van der Waals surface area contributed by atoms with E-state index in [1.807, 2.05) is 0 Å². The summed E-state index contributed by atoms with van der Waals surface area (Å²) in [6, 6.07) is 0.132. The number of hydrogen-bond donors (Lipinski definition) is 1. The smallest absolute Gasteiger partial charge is 0.379 e. The van der Waals surface area contributed by atoms with Crippen LogP contribution in [0.1, 0.15) is 18.1 Å². The Bertz CT molecular complexity index is 1330. The van der Waals surface area contributed by atoms with Crippen LogP contribution in [0.5, 0.6) is 0 Å². The van der Waals surface area contributed by atoms with Crippen LogP contribution < -0.4 is 15.8 Å². The molecule has 19 heteroatoms. The van der Waals surface area contributed by atoms with Gasteiger partial charge in [-0.2, -0.15) is 36.5 Å². The van der Waals surface area contributed by atoms with E-state index >= 15 is 0 Å². The number of piperazine rings is 1. The lowest BCUT2D eigenvalue weighted by Gasteiger charge is -2.35. The van der Waals surface area contributed by atoms with Gasteiger partial charge in [-0.1, -0.05) is 19.6 Å².